The Labute approximate surface area is 117 Å². The highest BCUT2D eigenvalue weighted by molar-refractivity contribution is 9.10. The number of thiophene rings is 1. The second-order valence-electron chi connectivity index (χ2n) is 3.75. The van der Waals surface area contributed by atoms with Gasteiger partial charge in [-0.25, -0.2) is 9.97 Å². The van der Waals surface area contributed by atoms with Crippen LogP contribution in [0.25, 0.3) is 0 Å². The molecular formula is C11H11BrN4OS. The fourth-order valence-corrected chi connectivity index (χ4v) is 2.56. The van der Waals surface area contributed by atoms with Gasteiger partial charge in [0.25, 0.3) is 5.91 Å². The van der Waals surface area contributed by atoms with Crippen molar-refractivity contribution in [3.8, 4) is 0 Å². The summed E-state index contributed by atoms with van der Waals surface area (Å²) in [5, 5.41) is 4.61. The molecule has 0 aromatic carbocycles. The Hall–Kier alpha value is -1.47. The molecule has 1 amide bonds. The Bertz CT molecular complexity index is 552. The predicted molar refractivity (Wildman–Crippen MR) is 76.3 cm³/mol. The molecule has 94 valence electrons. The monoisotopic (exact) mass is 326 g/mol. The van der Waals surface area contributed by atoms with Gasteiger partial charge >= 0.3 is 0 Å². The van der Waals surface area contributed by atoms with E-state index in [1.165, 1.54) is 11.3 Å². The van der Waals surface area contributed by atoms with Gasteiger partial charge in [0.05, 0.1) is 23.0 Å². The Morgan fingerprint density at radius 2 is 2.06 bits per heavy atom. The Kier molecular flexibility index (Phi) is 3.93. The van der Waals surface area contributed by atoms with Crippen molar-refractivity contribution in [2.75, 3.05) is 24.3 Å². The van der Waals surface area contributed by atoms with Crippen LogP contribution in [0.1, 0.15) is 9.67 Å². The molecule has 5 nitrogen and oxygen atoms in total. The van der Waals surface area contributed by atoms with Crippen LogP contribution >= 0.6 is 27.3 Å². The molecule has 2 aromatic rings. The summed E-state index contributed by atoms with van der Waals surface area (Å²) in [4.78, 5) is 22.5. The minimum atomic E-state index is -0.160. The largest absolute Gasteiger partial charge is 0.347 e. The Balaban J connectivity index is 2.07. The minimum absolute atomic E-state index is 0.160. The third-order valence-electron chi connectivity index (χ3n) is 2.09. The van der Waals surface area contributed by atoms with Gasteiger partial charge in [0, 0.05) is 23.9 Å². The number of rotatable bonds is 3. The molecule has 0 aliphatic rings. The summed E-state index contributed by atoms with van der Waals surface area (Å²) >= 11 is 4.69. The number of carbonyl (C=O) groups excluding carboxylic acids is 1. The lowest BCUT2D eigenvalue weighted by Crippen LogP contribution is -2.14. The average Bonchev–Trinajstić information content (AvgIpc) is 2.76. The Morgan fingerprint density at radius 3 is 2.56 bits per heavy atom. The number of carbonyl (C=O) groups is 1. The summed E-state index contributed by atoms with van der Waals surface area (Å²) in [5.74, 6) is 0.443. The first-order chi connectivity index (χ1) is 8.56. The molecule has 18 heavy (non-hydrogen) atoms. The summed E-state index contributed by atoms with van der Waals surface area (Å²) in [6.45, 7) is 0. The van der Waals surface area contributed by atoms with Gasteiger partial charge in [-0.05, 0) is 22.0 Å². The molecular weight excluding hydrogens is 316 g/mol. The van der Waals surface area contributed by atoms with Crippen molar-refractivity contribution in [1.82, 2.24) is 9.97 Å². The number of halogens is 1. The molecule has 0 spiro atoms. The summed E-state index contributed by atoms with van der Waals surface area (Å²) in [5.41, 5.74) is 0.579. The second kappa shape index (κ2) is 5.45. The van der Waals surface area contributed by atoms with Crippen LogP contribution in [0.3, 0.4) is 0 Å². The van der Waals surface area contributed by atoms with Crippen LogP contribution in [0.2, 0.25) is 0 Å². The zero-order valence-corrected chi connectivity index (χ0v) is 12.2. The van der Waals surface area contributed by atoms with Crippen LogP contribution in [-0.2, 0) is 0 Å². The molecule has 0 bridgehead atoms. The first kappa shape index (κ1) is 13.0. The van der Waals surface area contributed by atoms with Crippen molar-refractivity contribution < 1.29 is 4.79 Å². The lowest BCUT2D eigenvalue weighted by molar-refractivity contribution is 0.103. The van der Waals surface area contributed by atoms with Gasteiger partial charge in [-0.1, -0.05) is 0 Å². The molecule has 0 aliphatic carbocycles. The van der Waals surface area contributed by atoms with E-state index in [9.17, 15) is 4.79 Å². The quantitative estimate of drug-likeness (QED) is 0.941. The van der Waals surface area contributed by atoms with Gasteiger partial charge in [0.2, 0.25) is 5.95 Å². The zero-order valence-electron chi connectivity index (χ0n) is 9.85. The van der Waals surface area contributed by atoms with E-state index in [0.717, 1.165) is 4.47 Å². The number of aromatic nitrogens is 2. The van der Waals surface area contributed by atoms with Crippen molar-refractivity contribution in [2.45, 2.75) is 0 Å². The lowest BCUT2D eigenvalue weighted by atomic mass is 10.4. The van der Waals surface area contributed by atoms with E-state index < -0.39 is 0 Å². The molecule has 2 rings (SSSR count). The zero-order chi connectivity index (χ0) is 13.1. The summed E-state index contributed by atoms with van der Waals surface area (Å²) in [6, 6.07) is 1.77. The van der Waals surface area contributed by atoms with Crippen molar-refractivity contribution in [2.24, 2.45) is 0 Å². The topological polar surface area (TPSA) is 58.1 Å². The third kappa shape index (κ3) is 3.05. The number of nitrogens with one attached hydrogen (secondary N) is 1. The Morgan fingerprint density at radius 1 is 1.39 bits per heavy atom. The van der Waals surface area contributed by atoms with Crippen LogP contribution in [-0.4, -0.2) is 30.0 Å². The highest BCUT2D eigenvalue weighted by Crippen LogP contribution is 2.20. The van der Waals surface area contributed by atoms with E-state index in [0.29, 0.717) is 16.5 Å². The summed E-state index contributed by atoms with van der Waals surface area (Å²) in [6.07, 6.45) is 3.17. The highest BCUT2D eigenvalue weighted by atomic mass is 79.9. The average molecular weight is 327 g/mol. The molecule has 0 aliphatic heterocycles. The van der Waals surface area contributed by atoms with Crippen LogP contribution < -0.4 is 10.2 Å². The molecule has 0 fully saturated rings. The molecule has 2 heterocycles. The van der Waals surface area contributed by atoms with E-state index in [-0.39, 0.29) is 5.91 Å². The van der Waals surface area contributed by atoms with E-state index in [1.54, 1.807) is 23.4 Å². The number of hydrogen-bond acceptors (Lipinski definition) is 5. The van der Waals surface area contributed by atoms with Crippen molar-refractivity contribution >= 4 is 44.8 Å². The third-order valence-corrected chi connectivity index (χ3v) is 3.78. The maximum Gasteiger partial charge on any atom is 0.265 e. The molecule has 7 heteroatoms. The maximum absolute atomic E-state index is 11.9. The smallest absolute Gasteiger partial charge is 0.265 e. The van der Waals surface area contributed by atoms with Crippen LogP contribution in [0, 0.1) is 0 Å². The van der Waals surface area contributed by atoms with E-state index >= 15 is 0 Å². The van der Waals surface area contributed by atoms with E-state index in [2.05, 4.69) is 31.2 Å². The molecule has 0 unspecified atom stereocenters. The number of hydrogen-bond donors (Lipinski definition) is 1. The molecule has 2 aromatic heterocycles. The summed E-state index contributed by atoms with van der Waals surface area (Å²) < 4.78 is 0.900. The molecule has 0 saturated heterocycles. The van der Waals surface area contributed by atoms with Gasteiger partial charge in [-0.3, -0.25) is 4.79 Å². The number of nitrogens with zero attached hydrogens (tertiary/aromatic N) is 3. The van der Waals surface area contributed by atoms with Crippen LogP contribution in [0.15, 0.2) is 28.3 Å². The van der Waals surface area contributed by atoms with Gasteiger partial charge in [0.15, 0.2) is 0 Å². The summed E-state index contributed by atoms with van der Waals surface area (Å²) in [7, 11) is 3.72. The number of anilines is 2. The predicted octanol–water partition coefficient (Wildman–Crippen LogP) is 2.62. The molecule has 0 atom stereocenters. The fraction of sp³-hybridized carbons (Fsp3) is 0.182. The SMILES string of the molecule is CN(C)c1ncc(NC(=O)c2cc(Br)cs2)cn1. The normalized spacial score (nSPS) is 10.2. The molecule has 0 saturated carbocycles. The van der Waals surface area contributed by atoms with Crippen LogP contribution in [0.4, 0.5) is 11.6 Å². The first-order valence-electron chi connectivity index (χ1n) is 5.11. The van der Waals surface area contributed by atoms with Crippen molar-refractivity contribution in [3.05, 3.63) is 33.2 Å². The number of amides is 1. The highest BCUT2D eigenvalue weighted by Gasteiger charge is 2.09. The van der Waals surface area contributed by atoms with Gasteiger partial charge in [-0.2, -0.15) is 0 Å². The standard InChI is InChI=1S/C11H11BrN4OS/c1-16(2)11-13-4-8(5-14-11)15-10(17)9-3-7(12)6-18-9/h3-6H,1-2H3,(H,15,17). The second-order valence-corrected chi connectivity index (χ2v) is 5.58. The van der Waals surface area contributed by atoms with Crippen molar-refractivity contribution in [3.63, 3.8) is 0 Å². The maximum atomic E-state index is 11.9. The first-order valence-corrected chi connectivity index (χ1v) is 6.78. The van der Waals surface area contributed by atoms with Gasteiger partial charge < -0.3 is 10.2 Å². The van der Waals surface area contributed by atoms with Gasteiger partial charge in [-0.15, -0.1) is 11.3 Å². The van der Waals surface area contributed by atoms with E-state index in [1.807, 2.05) is 19.5 Å². The molecule has 1 N–H and O–H groups in total. The van der Waals surface area contributed by atoms with E-state index in [4.69, 9.17) is 0 Å². The van der Waals surface area contributed by atoms with Crippen molar-refractivity contribution in [1.29, 1.82) is 0 Å². The fourth-order valence-electron chi connectivity index (χ4n) is 1.24. The van der Waals surface area contributed by atoms with Gasteiger partial charge in [0.1, 0.15) is 0 Å². The van der Waals surface area contributed by atoms with Crippen LogP contribution in [0.5, 0.6) is 0 Å². The minimum Gasteiger partial charge on any atom is -0.347 e. The molecule has 0 radical (unpaired) electrons. The lowest BCUT2D eigenvalue weighted by Gasteiger charge is -2.09.